The quantitative estimate of drug-likeness (QED) is 0.323. The van der Waals surface area contributed by atoms with Gasteiger partial charge >= 0.3 is 0 Å². The number of aromatic nitrogens is 1. The smallest absolute Gasteiger partial charge is 0.300 e. The van der Waals surface area contributed by atoms with Crippen LogP contribution < -0.4 is 19.1 Å². The monoisotopic (exact) mass is 486 g/mol. The molecule has 2 aliphatic heterocycles. The molecular formula is C28H26N2O6. The molecule has 8 nitrogen and oxygen atoms in total. The number of Topliss-reactive ketones (excluding diaryl/α,β-unsaturated/α-hetero) is 1. The van der Waals surface area contributed by atoms with Crippen molar-refractivity contribution in [2.75, 3.05) is 18.8 Å². The van der Waals surface area contributed by atoms with Gasteiger partial charge in [0.25, 0.3) is 11.7 Å². The van der Waals surface area contributed by atoms with Crippen LogP contribution in [0.4, 0.5) is 5.69 Å². The van der Waals surface area contributed by atoms with Gasteiger partial charge in [-0.1, -0.05) is 26.8 Å². The van der Waals surface area contributed by atoms with Crippen molar-refractivity contribution in [3.63, 3.8) is 0 Å². The van der Waals surface area contributed by atoms with Gasteiger partial charge < -0.3 is 19.3 Å². The highest BCUT2D eigenvalue weighted by atomic mass is 16.7. The van der Waals surface area contributed by atoms with Crippen LogP contribution in [0.25, 0.3) is 5.76 Å². The molecule has 3 aromatic rings. The fourth-order valence-corrected chi connectivity index (χ4v) is 4.50. The van der Waals surface area contributed by atoms with Crippen molar-refractivity contribution in [1.29, 1.82) is 0 Å². The van der Waals surface area contributed by atoms with Gasteiger partial charge in [-0.05, 0) is 52.9 Å². The third-order valence-corrected chi connectivity index (χ3v) is 6.42. The minimum atomic E-state index is -0.892. The lowest BCUT2D eigenvalue weighted by Gasteiger charge is -2.26. The Labute approximate surface area is 208 Å². The van der Waals surface area contributed by atoms with Crippen LogP contribution in [-0.4, -0.2) is 35.7 Å². The maximum absolute atomic E-state index is 13.5. The lowest BCUT2D eigenvalue weighted by molar-refractivity contribution is -0.132. The number of fused-ring (bicyclic) bond motifs is 1. The second-order valence-electron chi connectivity index (χ2n) is 9.65. The van der Waals surface area contributed by atoms with Gasteiger partial charge in [0, 0.05) is 24.1 Å². The van der Waals surface area contributed by atoms with Gasteiger partial charge in [0.15, 0.2) is 11.5 Å². The Bertz CT molecular complexity index is 1390. The van der Waals surface area contributed by atoms with Crippen LogP contribution >= 0.6 is 0 Å². The number of rotatable bonds is 4. The number of ketones is 1. The Hall–Kier alpha value is -4.33. The summed E-state index contributed by atoms with van der Waals surface area (Å²) in [6, 6.07) is 13.0. The van der Waals surface area contributed by atoms with E-state index >= 15 is 0 Å². The van der Waals surface area contributed by atoms with E-state index < -0.39 is 17.7 Å². The summed E-state index contributed by atoms with van der Waals surface area (Å²) in [6.45, 7) is 6.23. The molecule has 36 heavy (non-hydrogen) atoms. The van der Waals surface area contributed by atoms with Gasteiger partial charge in [0.05, 0.1) is 24.3 Å². The zero-order valence-electron chi connectivity index (χ0n) is 20.4. The molecule has 1 aromatic heterocycles. The van der Waals surface area contributed by atoms with Crippen LogP contribution in [0.2, 0.25) is 0 Å². The van der Waals surface area contributed by atoms with Crippen molar-refractivity contribution in [2.45, 2.75) is 32.2 Å². The summed E-state index contributed by atoms with van der Waals surface area (Å²) in [7, 11) is 1.49. The fourth-order valence-electron chi connectivity index (χ4n) is 4.50. The standard InChI is InChI=1S/C28H26N2O6/c1-28(2,3)17-5-7-20(34-4)19(13-17)25(31)23-24(16-9-11-29-12-10-16)30(27(33)26(23)32)18-6-8-21-22(14-18)36-15-35-21/h5-14,24,31H,15H2,1-4H3/b25-23+. The van der Waals surface area contributed by atoms with E-state index in [4.69, 9.17) is 14.2 Å². The predicted molar refractivity (Wildman–Crippen MR) is 133 cm³/mol. The molecule has 1 N–H and O–H groups in total. The number of benzene rings is 2. The van der Waals surface area contributed by atoms with Crippen LogP contribution in [0.1, 0.15) is 43.5 Å². The molecule has 3 heterocycles. The van der Waals surface area contributed by atoms with Crippen LogP contribution in [-0.2, 0) is 15.0 Å². The first-order valence-corrected chi connectivity index (χ1v) is 11.5. The summed E-state index contributed by atoms with van der Waals surface area (Å²) >= 11 is 0. The SMILES string of the molecule is COc1ccc(C(C)(C)C)cc1/C(O)=C1\C(=O)C(=O)N(c2ccc3c(c2)OCO3)C1c1ccncc1. The van der Waals surface area contributed by atoms with E-state index in [1.54, 1.807) is 54.9 Å². The van der Waals surface area contributed by atoms with Gasteiger partial charge in [-0.2, -0.15) is 0 Å². The fraction of sp³-hybridized carbons (Fsp3) is 0.250. The molecule has 184 valence electrons. The number of aliphatic hydroxyl groups is 1. The summed E-state index contributed by atoms with van der Waals surface area (Å²) < 4.78 is 16.4. The van der Waals surface area contributed by atoms with E-state index in [2.05, 4.69) is 4.98 Å². The van der Waals surface area contributed by atoms with Crippen molar-refractivity contribution in [3.05, 3.63) is 83.2 Å². The van der Waals surface area contributed by atoms with E-state index in [1.165, 1.54) is 12.0 Å². The first-order chi connectivity index (χ1) is 17.2. The van der Waals surface area contributed by atoms with Crippen molar-refractivity contribution in [1.82, 2.24) is 4.98 Å². The lowest BCUT2D eigenvalue weighted by Crippen LogP contribution is -2.29. The number of carbonyl (C=O) groups excluding carboxylic acids is 2. The van der Waals surface area contributed by atoms with E-state index in [0.717, 1.165) is 5.56 Å². The van der Waals surface area contributed by atoms with Crippen molar-refractivity contribution in [2.24, 2.45) is 0 Å². The maximum Gasteiger partial charge on any atom is 0.300 e. The van der Waals surface area contributed by atoms with Gasteiger partial charge in [-0.3, -0.25) is 19.5 Å². The molecule has 1 unspecified atom stereocenters. The number of nitrogens with zero attached hydrogens (tertiary/aromatic N) is 2. The summed E-state index contributed by atoms with van der Waals surface area (Å²) in [4.78, 5) is 32.3. The summed E-state index contributed by atoms with van der Waals surface area (Å²) in [6.07, 6.45) is 3.16. The number of amides is 1. The Morgan fingerprint density at radius 3 is 2.44 bits per heavy atom. The number of ether oxygens (including phenoxy) is 3. The molecule has 1 saturated heterocycles. The molecule has 8 heteroatoms. The highest BCUT2D eigenvalue weighted by molar-refractivity contribution is 6.51. The third kappa shape index (κ3) is 3.84. The number of anilines is 1. The highest BCUT2D eigenvalue weighted by Gasteiger charge is 2.47. The molecule has 2 aromatic carbocycles. The number of hydrogen-bond acceptors (Lipinski definition) is 7. The highest BCUT2D eigenvalue weighted by Crippen LogP contribution is 2.45. The van der Waals surface area contributed by atoms with E-state index in [9.17, 15) is 14.7 Å². The van der Waals surface area contributed by atoms with E-state index in [0.29, 0.717) is 34.1 Å². The van der Waals surface area contributed by atoms with Gasteiger partial charge in [0.1, 0.15) is 11.5 Å². The lowest BCUT2D eigenvalue weighted by atomic mass is 9.85. The molecule has 0 bridgehead atoms. The van der Waals surface area contributed by atoms with Crippen molar-refractivity contribution in [3.8, 4) is 17.2 Å². The second-order valence-corrected chi connectivity index (χ2v) is 9.65. The number of methoxy groups -OCH3 is 1. The topological polar surface area (TPSA) is 98.2 Å². The normalized spacial score (nSPS) is 18.6. The van der Waals surface area contributed by atoms with Crippen LogP contribution in [0.15, 0.2) is 66.5 Å². The molecule has 1 atom stereocenters. The molecule has 1 amide bonds. The van der Waals surface area contributed by atoms with E-state index in [-0.39, 0.29) is 23.5 Å². The number of carbonyl (C=O) groups is 2. The zero-order valence-corrected chi connectivity index (χ0v) is 20.4. The van der Waals surface area contributed by atoms with E-state index in [1.807, 2.05) is 26.8 Å². The van der Waals surface area contributed by atoms with Gasteiger partial charge in [0.2, 0.25) is 6.79 Å². The minimum Gasteiger partial charge on any atom is -0.507 e. The Morgan fingerprint density at radius 1 is 1.03 bits per heavy atom. The molecule has 0 saturated carbocycles. The molecule has 2 aliphatic rings. The van der Waals surface area contributed by atoms with Crippen LogP contribution in [0.3, 0.4) is 0 Å². The number of hydrogen-bond donors (Lipinski definition) is 1. The second kappa shape index (κ2) is 8.71. The summed E-state index contributed by atoms with van der Waals surface area (Å²) in [5.74, 6) is -0.440. The molecule has 0 aliphatic carbocycles. The Balaban J connectivity index is 1.73. The average Bonchev–Trinajstić information content (AvgIpc) is 3.45. The molecule has 0 radical (unpaired) electrons. The molecule has 0 spiro atoms. The third-order valence-electron chi connectivity index (χ3n) is 6.42. The predicted octanol–water partition coefficient (Wildman–Crippen LogP) is 4.74. The Morgan fingerprint density at radius 2 is 1.75 bits per heavy atom. The van der Waals surface area contributed by atoms with Crippen LogP contribution in [0.5, 0.6) is 17.2 Å². The summed E-state index contributed by atoms with van der Waals surface area (Å²) in [5.41, 5.74) is 2.09. The number of pyridine rings is 1. The molecular weight excluding hydrogens is 460 g/mol. The van der Waals surface area contributed by atoms with Crippen molar-refractivity contribution >= 4 is 23.1 Å². The zero-order chi connectivity index (χ0) is 25.6. The first kappa shape index (κ1) is 23.4. The molecule has 5 rings (SSSR count). The van der Waals surface area contributed by atoms with Crippen molar-refractivity contribution < 1.29 is 28.9 Å². The first-order valence-electron chi connectivity index (χ1n) is 11.5. The average molecular weight is 487 g/mol. The Kier molecular flexibility index (Phi) is 5.67. The van der Waals surface area contributed by atoms with Gasteiger partial charge in [-0.15, -0.1) is 0 Å². The minimum absolute atomic E-state index is 0.0340. The van der Waals surface area contributed by atoms with Gasteiger partial charge in [-0.25, -0.2) is 0 Å². The maximum atomic E-state index is 13.5. The molecule has 1 fully saturated rings. The number of aliphatic hydroxyl groups excluding tert-OH is 1. The van der Waals surface area contributed by atoms with Crippen LogP contribution in [0, 0.1) is 0 Å². The largest absolute Gasteiger partial charge is 0.507 e. The summed E-state index contributed by atoms with van der Waals surface area (Å²) in [5, 5.41) is 11.6.